The van der Waals surface area contributed by atoms with Gasteiger partial charge >= 0.3 is 0 Å². The van der Waals surface area contributed by atoms with Crippen LogP contribution in [0, 0.1) is 0 Å². The van der Waals surface area contributed by atoms with E-state index >= 15 is 0 Å². The molecule has 0 radical (unpaired) electrons. The molecule has 0 aliphatic carbocycles. The fourth-order valence-corrected chi connectivity index (χ4v) is 2.33. The Morgan fingerprint density at radius 3 is 2.52 bits per heavy atom. The summed E-state index contributed by atoms with van der Waals surface area (Å²) in [5.74, 6) is 1.92. The smallest absolute Gasteiger partial charge is 0.231 e. The van der Waals surface area contributed by atoms with Crippen molar-refractivity contribution in [2.24, 2.45) is 0 Å². The third-order valence-electron chi connectivity index (χ3n) is 2.96. The van der Waals surface area contributed by atoms with Gasteiger partial charge in [0.05, 0.1) is 19.2 Å². The van der Waals surface area contributed by atoms with Crippen molar-refractivity contribution in [1.29, 1.82) is 0 Å². The number of aromatic nitrogens is 2. The molecule has 1 aromatic heterocycles. The molecule has 0 aliphatic rings. The van der Waals surface area contributed by atoms with E-state index in [1.807, 2.05) is 43.9 Å². The highest BCUT2D eigenvalue weighted by Gasteiger charge is 2.10. The van der Waals surface area contributed by atoms with Crippen LogP contribution < -0.4 is 34.0 Å². The Hall–Kier alpha value is -0.860. The summed E-state index contributed by atoms with van der Waals surface area (Å²) >= 11 is 1.56. The molecular formula is C15H20IN3OS. The molecular weight excluding hydrogens is 397 g/mol. The lowest BCUT2D eigenvalue weighted by Crippen LogP contribution is -3.00. The number of nitrogens with zero attached hydrogens (tertiary/aromatic N) is 2. The summed E-state index contributed by atoms with van der Waals surface area (Å²) in [4.78, 5) is 8.88. The molecule has 2 N–H and O–H groups in total. The molecule has 0 bridgehead atoms. The minimum Gasteiger partial charge on any atom is -1.00 e. The topological polar surface area (TPSA) is 51.6 Å². The summed E-state index contributed by atoms with van der Waals surface area (Å²) in [5.41, 5.74) is 2.38. The second kappa shape index (κ2) is 9.22. The number of nitrogens with two attached hydrogens (primary N) is 1. The van der Waals surface area contributed by atoms with Crippen molar-refractivity contribution in [1.82, 2.24) is 9.97 Å². The average molecular weight is 417 g/mol. The van der Waals surface area contributed by atoms with Crippen molar-refractivity contribution in [3.05, 3.63) is 41.6 Å². The molecule has 0 aliphatic heterocycles. The summed E-state index contributed by atoms with van der Waals surface area (Å²) in [6.45, 7) is 2.68. The quantitative estimate of drug-likeness (QED) is 0.373. The van der Waals surface area contributed by atoms with E-state index in [1.165, 1.54) is 5.56 Å². The zero-order valence-electron chi connectivity index (χ0n) is 12.5. The van der Waals surface area contributed by atoms with E-state index in [1.54, 1.807) is 11.8 Å². The van der Waals surface area contributed by atoms with E-state index in [0.29, 0.717) is 6.61 Å². The van der Waals surface area contributed by atoms with Gasteiger partial charge < -0.3 is 28.7 Å². The molecule has 2 rings (SSSR count). The van der Waals surface area contributed by atoms with Gasteiger partial charge in [0, 0.05) is 12.6 Å². The van der Waals surface area contributed by atoms with Gasteiger partial charge in [-0.05, 0) is 30.9 Å². The summed E-state index contributed by atoms with van der Waals surface area (Å²) < 4.78 is 5.45. The second-order valence-corrected chi connectivity index (χ2v) is 5.08. The summed E-state index contributed by atoms with van der Waals surface area (Å²) in [6.07, 6.45) is 4.74. The van der Waals surface area contributed by atoms with Crippen molar-refractivity contribution in [2.75, 3.05) is 19.9 Å². The van der Waals surface area contributed by atoms with Crippen LogP contribution in [0.2, 0.25) is 0 Å². The van der Waals surface area contributed by atoms with E-state index in [9.17, 15) is 0 Å². The first-order chi connectivity index (χ1) is 9.76. The van der Waals surface area contributed by atoms with Gasteiger partial charge in [-0.3, -0.25) is 5.32 Å². The van der Waals surface area contributed by atoms with Crippen molar-refractivity contribution in [3.8, 4) is 5.75 Å². The standard InChI is InChI=1S/C15H19N3OS.HI/c1-4-19-13-7-5-11(6-8-13)9-12-10-17-15(20-3)18-14(12)16-2;/h5-8,10H,4,9H2,1-3H3,(H,16,17,18);1H. The van der Waals surface area contributed by atoms with Crippen molar-refractivity contribution >= 4 is 17.6 Å². The Labute approximate surface area is 147 Å². The number of ether oxygens (including phenoxy) is 1. The number of benzene rings is 1. The van der Waals surface area contributed by atoms with Gasteiger partial charge in [0.25, 0.3) is 0 Å². The highest BCUT2D eigenvalue weighted by Crippen LogP contribution is 2.18. The minimum absolute atomic E-state index is 0. The predicted molar refractivity (Wildman–Crippen MR) is 81.7 cm³/mol. The number of hydrogen-bond acceptors (Lipinski definition) is 4. The molecule has 0 fully saturated rings. The molecule has 6 heteroatoms. The van der Waals surface area contributed by atoms with Gasteiger partial charge in [-0.2, -0.15) is 4.98 Å². The lowest BCUT2D eigenvalue weighted by Gasteiger charge is -2.07. The van der Waals surface area contributed by atoms with E-state index in [4.69, 9.17) is 4.74 Å². The molecule has 1 heterocycles. The Balaban J connectivity index is 0.00000220. The molecule has 0 saturated carbocycles. The normalized spacial score (nSPS) is 10.0. The Morgan fingerprint density at radius 2 is 1.95 bits per heavy atom. The second-order valence-electron chi connectivity index (χ2n) is 4.31. The molecule has 4 nitrogen and oxygen atoms in total. The van der Waals surface area contributed by atoms with Crippen LogP contribution in [0.1, 0.15) is 18.1 Å². The predicted octanol–water partition coefficient (Wildman–Crippen LogP) is -0.983. The number of rotatable bonds is 6. The van der Waals surface area contributed by atoms with E-state index in [-0.39, 0.29) is 24.0 Å². The Morgan fingerprint density at radius 1 is 1.24 bits per heavy atom. The molecule has 0 amide bonds. The molecule has 0 spiro atoms. The van der Waals surface area contributed by atoms with Crippen LogP contribution in [0.3, 0.4) is 0 Å². The van der Waals surface area contributed by atoms with Gasteiger partial charge in [-0.1, -0.05) is 23.9 Å². The first-order valence-corrected chi connectivity index (χ1v) is 7.90. The van der Waals surface area contributed by atoms with Gasteiger partial charge in [-0.25, -0.2) is 4.98 Å². The van der Waals surface area contributed by atoms with Gasteiger partial charge in [0.15, 0.2) is 5.16 Å². The number of halogens is 1. The number of hydrogen-bond donors (Lipinski definition) is 1. The third kappa shape index (κ3) is 5.12. The maximum Gasteiger partial charge on any atom is 0.231 e. The zero-order chi connectivity index (χ0) is 14.4. The summed E-state index contributed by atoms with van der Waals surface area (Å²) in [5, 5.41) is 2.85. The molecule has 114 valence electrons. The van der Waals surface area contributed by atoms with E-state index in [2.05, 4.69) is 22.1 Å². The minimum atomic E-state index is 0. The third-order valence-corrected chi connectivity index (χ3v) is 3.52. The summed E-state index contributed by atoms with van der Waals surface area (Å²) in [7, 11) is 2.01. The molecule has 0 unspecified atom stereocenters. The van der Waals surface area contributed by atoms with Crippen molar-refractivity contribution in [2.45, 2.75) is 18.5 Å². The lowest BCUT2D eigenvalue weighted by atomic mass is 10.1. The maximum atomic E-state index is 5.45. The Bertz CT molecular complexity index is 563. The van der Waals surface area contributed by atoms with E-state index in [0.717, 1.165) is 28.7 Å². The number of quaternary nitrogens is 1. The molecule has 2 aromatic rings. The highest BCUT2D eigenvalue weighted by atomic mass is 127. The van der Waals surface area contributed by atoms with Crippen LogP contribution >= 0.6 is 11.8 Å². The van der Waals surface area contributed by atoms with E-state index < -0.39 is 0 Å². The van der Waals surface area contributed by atoms with Crippen LogP contribution in [0.4, 0.5) is 5.82 Å². The Kier molecular flexibility index (Phi) is 7.98. The average Bonchev–Trinajstić information content (AvgIpc) is 2.50. The van der Waals surface area contributed by atoms with Crippen LogP contribution in [-0.2, 0) is 6.42 Å². The summed E-state index contributed by atoms with van der Waals surface area (Å²) in [6, 6.07) is 8.19. The van der Waals surface area contributed by atoms with Crippen LogP contribution in [-0.4, -0.2) is 29.9 Å². The van der Waals surface area contributed by atoms with Crippen LogP contribution in [0.15, 0.2) is 35.6 Å². The monoisotopic (exact) mass is 417 g/mol. The fraction of sp³-hybridized carbons (Fsp3) is 0.333. The molecule has 0 atom stereocenters. The SMILES string of the molecule is CCOc1ccc(Cc2cnc(SC)nc2[NH2+]C)cc1.[I-]. The van der Waals surface area contributed by atoms with Crippen LogP contribution in [0.25, 0.3) is 0 Å². The zero-order valence-corrected chi connectivity index (χ0v) is 15.4. The molecule has 0 saturated heterocycles. The molecule has 1 aromatic carbocycles. The largest absolute Gasteiger partial charge is 1.00 e. The molecule has 21 heavy (non-hydrogen) atoms. The van der Waals surface area contributed by atoms with Crippen molar-refractivity contribution < 1.29 is 34.0 Å². The first-order valence-electron chi connectivity index (χ1n) is 6.67. The highest BCUT2D eigenvalue weighted by molar-refractivity contribution is 7.98. The van der Waals surface area contributed by atoms with Gasteiger partial charge in [0.1, 0.15) is 5.75 Å². The fourth-order valence-electron chi connectivity index (χ4n) is 1.98. The van der Waals surface area contributed by atoms with Crippen LogP contribution in [0.5, 0.6) is 5.75 Å². The maximum absolute atomic E-state index is 5.45. The lowest BCUT2D eigenvalue weighted by molar-refractivity contribution is -0.544. The first kappa shape index (κ1) is 18.2. The number of thioether (sulfide) groups is 1. The van der Waals surface area contributed by atoms with Gasteiger partial charge in [0.2, 0.25) is 5.82 Å². The van der Waals surface area contributed by atoms with Crippen molar-refractivity contribution in [3.63, 3.8) is 0 Å². The van der Waals surface area contributed by atoms with Gasteiger partial charge in [-0.15, -0.1) is 0 Å².